The van der Waals surface area contributed by atoms with Crippen LogP contribution >= 0.6 is 15.9 Å². The van der Waals surface area contributed by atoms with Crippen molar-refractivity contribution < 1.29 is 19.4 Å². The zero-order valence-electron chi connectivity index (χ0n) is 11.6. The van der Waals surface area contributed by atoms with E-state index in [2.05, 4.69) is 21.2 Å². The second kappa shape index (κ2) is 5.94. The van der Waals surface area contributed by atoms with Crippen LogP contribution in [0.3, 0.4) is 0 Å². The number of rotatable bonds is 2. The fourth-order valence-corrected chi connectivity index (χ4v) is 3.16. The third-order valence-electron chi connectivity index (χ3n) is 4.10. The van der Waals surface area contributed by atoms with Crippen molar-refractivity contribution in [3.05, 3.63) is 28.2 Å². The number of amides is 1. The molecule has 114 valence electrons. The number of phenols is 1. The van der Waals surface area contributed by atoms with Gasteiger partial charge in [0.15, 0.2) is 5.79 Å². The lowest BCUT2D eigenvalue weighted by Crippen LogP contribution is -2.44. The van der Waals surface area contributed by atoms with Crippen LogP contribution in [0, 0.1) is 0 Å². The molecule has 0 aromatic heterocycles. The Morgan fingerprint density at radius 1 is 1.29 bits per heavy atom. The molecule has 1 aromatic carbocycles. The van der Waals surface area contributed by atoms with Crippen molar-refractivity contribution in [1.29, 1.82) is 0 Å². The molecule has 0 radical (unpaired) electrons. The highest BCUT2D eigenvalue weighted by atomic mass is 79.9. The molecule has 21 heavy (non-hydrogen) atoms. The number of carbonyl (C=O) groups excluding carboxylic acids is 1. The van der Waals surface area contributed by atoms with Gasteiger partial charge in [-0.15, -0.1) is 0 Å². The molecule has 5 nitrogen and oxygen atoms in total. The van der Waals surface area contributed by atoms with E-state index in [4.69, 9.17) is 9.47 Å². The van der Waals surface area contributed by atoms with E-state index >= 15 is 0 Å². The van der Waals surface area contributed by atoms with Gasteiger partial charge in [0, 0.05) is 24.4 Å². The number of halogens is 1. The van der Waals surface area contributed by atoms with Gasteiger partial charge in [-0.2, -0.15) is 0 Å². The topological polar surface area (TPSA) is 67.8 Å². The first kappa shape index (κ1) is 14.8. The molecule has 2 fully saturated rings. The summed E-state index contributed by atoms with van der Waals surface area (Å²) >= 11 is 3.20. The molecule has 0 atom stereocenters. The summed E-state index contributed by atoms with van der Waals surface area (Å²) in [5.41, 5.74) is 0.462. The Labute approximate surface area is 131 Å². The molecule has 3 rings (SSSR count). The summed E-state index contributed by atoms with van der Waals surface area (Å²) in [6.45, 7) is 1.32. The molecule has 1 saturated heterocycles. The average Bonchev–Trinajstić information content (AvgIpc) is 2.93. The van der Waals surface area contributed by atoms with Crippen LogP contribution in [0.15, 0.2) is 22.7 Å². The summed E-state index contributed by atoms with van der Waals surface area (Å²) in [6.07, 6.45) is 3.30. The van der Waals surface area contributed by atoms with Gasteiger partial charge in [0.1, 0.15) is 5.75 Å². The van der Waals surface area contributed by atoms with Crippen LogP contribution in [0.4, 0.5) is 0 Å². The van der Waals surface area contributed by atoms with E-state index in [1.165, 1.54) is 6.07 Å². The summed E-state index contributed by atoms with van der Waals surface area (Å²) < 4.78 is 11.9. The molecule has 1 aromatic rings. The average molecular weight is 356 g/mol. The predicted octanol–water partition coefficient (Wildman–Crippen LogP) is 2.57. The highest BCUT2D eigenvalue weighted by Gasteiger charge is 2.40. The number of phenolic OH excluding ortho intramolecular Hbond substituents is 1. The largest absolute Gasteiger partial charge is 0.507 e. The summed E-state index contributed by atoms with van der Waals surface area (Å²) in [5, 5.41) is 12.6. The molecule has 1 heterocycles. The summed E-state index contributed by atoms with van der Waals surface area (Å²) in [4.78, 5) is 12.2. The summed E-state index contributed by atoms with van der Waals surface area (Å²) in [6, 6.07) is 4.95. The minimum atomic E-state index is -0.406. The van der Waals surface area contributed by atoms with Crippen molar-refractivity contribution in [3.63, 3.8) is 0 Å². The number of hydrogen-bond donors (Lipinski definition) is 2. The Bertz CT molecular complexity index is 532. The van der Waals surface area contributed by atoms with Gasteiger partial charge < -0.3 is 19.9 Å². The van der Waals surface area contributed by atoms with E-state index in [-0.39, 0.29) is 17.7 Å². The molecular formula is C15H18BrNO4. The molecule has 1 amide bonds. The van der Waals surface area contributed by atoms with Crippen molar-refractivity contribution in [2.24, 2.45) is 0 Å². The van der Waals surface area contributed by atoms with Crippen molar-refractivity contribution in [2.75, 3.05) is 13.2 Å². The van der Waals surface area contributed by atoms with Crippen LogP contribution < -0.4 is 5.32 Å². The Kier molecular flexibility index (Phi) is 4.19. The lowest BCUT2D eigenvalue weighted by molar-refractivity contribution is -0.179. The molecule has 1 aliphatic heterocycles. The molecule has 2 aliphatic rings. The quantitative estimate of drug-likeness (QED) is 0.855. The highest BCUT2D eigenvalue weighted by molar-refractivity contribution is 9.10. The third-order valence-corrected chi connectivity index (χ3v) is 4.78. The Morgan fingerprint density at radius 2 is 1.95 bits per heavy atom. The minimum absolute atomic E-state index is 0.0676. The maximum Gasteiger partial charge on any atom is 0.251 e. The van der Waals surface area contributed by atoms with Crippen LogP contribution in [-0.4, -0.2) is 36.1 Å². The van der Waals surface area contributed by atoms with Gasteiger partial charge in [-0.25, -0.2) is 0 Å². The molecule has 1 aliphatic carbocycles. The Balaban J connectivity index is 1.57. The van der Waals surface area contributed by atoms with Crippen LogP contribution in [0.5, 0.6) is 5.75 Å². The fraction of sp³-hybridized carbons (Fsp3) is 0.533. The summed E-state index contributed by atoms with van der Waals surface area (Å²) in [5.74, 6) is -0.498. The van der Waals surface area contributed by atoms with Crippen LogP contribution in [0.1, 0.15) is 36.0 Å². The number of aromatic hydroxyl groups is 1. The zero-order chi connectivity index (χ0) is 14.9. The van der Waals surface area contributed by atoms with Crippen molar-refractivity contribution in [1.82, 2.24) is 5.32 Å². The van der Waals surface area contributed by atoms with E-state index in [9.17, 15) is 9.90 Å². The molecule has 2 N–H and O–H groups in total. The maximum atomic E-state index is 12.2. The van der Waals surface area contributed by atoms with Gasteiger partial charge >= 0.3 is 0 Å². The van der Waals surface area contributed by atoms with Gasteiger partial charge in [-0.3, -0.25) is 4.79 Å². The van der Waals surface area contributed by atoms with Gasteiger partial charge in [-0.1, -0.05) is 0 Å². The third kappa shape index (κ3) is 3.22. The summed E-state index contributed by atoms with van der Waals surface area (Å²) in [7, 11) is 0. The Hall–Kier alpha value is -1.11. The van der Waals surface area contributed by atoms with Gasteiger partial charge in [-0.05, 0) is 47.0 Å². The lowest BCUT2D eigenvalue weighted by atomic mass is 9.90. The number of benzene rings is 1. The van der Waals surface area contributed by atoms with Gasteiger partial charge in [0.2, 0.25) is 0 Å². The zero-order valence-corrected chi connectivity index (χ0v) is 13.2. The molecule has 6 heteroatoms. The smallest absolute Gasteiger partial charge is 0.251 e. The normalized spacial score (nSPS) is 21.6. The fourth-order valence-electron chi connectivity index (χ4n) is 2.91. The highest BCUT2D eigenvalue weighted by Crippen LogP contribution is 2.35. The second-order valence-corrected chi connectivity index (χ2v) is 6.38. The predicted molar refractivity (Wildman–Crippen MR) is 80.2 cm³/mol. The van der Waals surface area contributed by atoms with E-state index in [1.54, 1.807) is 12.1 Å². The lowest BCUT2D eigenvalue weighted by Gasteiger charge is -2.35. The Morgan fingerprint density at radius 3 is 2.57 bits per heavy atom. The standard InChI is InChI=1S/C15H18BrNO4/c16-12-2-1-10(9-13(12)18)14(19)17-11-3-5-15(6-4-11)20-7-8-21-15/h1-2,9,11,18H,3-8H2,(H,17,19). The molecule has 0 bridgehead atoms. The number of ether oxygens (including phenoxy) is 2. The number of carbonyl (C=O) groups is 1. The van der Waals surface area contributed by atoms with E-state index in [0.29, 0.717) is 23.2 Å². The second-order valence-electron chi connectivity index (χ2n) is 5.52. The number of hydrogen-bond acceptors (Lipinski definition) is 4. The maximum absolute atomic E-state index is 12.2. The monoisotopic (exact) mass is 355 g/mol. The van der Waals surface area contributed by atoms with Gasteiger partial charge in [0.25, 0.3) is 5.91 Å². The molecule has 1 spiro atoms. The van der Waals surface area contributed by atoms with E-state index < -0.39 is 5.79 Å². The van der Waals surface area contributed by atoms with Crippen LogP contribution in [-0.2, 0) is 9.47 Å². The molecular weight excluding hydrogens is 338 g/mol. The van der Waals surface area contributed by atoms with Crippen molar-refractivity contribution in [3.8, 4) is 5.75 Å². The van der Waals surface area contributed by atoms with Crippen molar-refractivity contribution >= 4 is 21.8 Å². The van der Waals surface area contributed by atoms with Crippen LogP contribution in [0.25, 0.3) is 0 Å². The van der Waals surface area contributed by atoms with Gasteiger partial charge in [0.05, 0.1) is 17.7 Å². The first-order valence-electron chi connectivity index (χ1n) is 7.15. The SMILES string of the molecule is O=C(NC1CCC2(CC1)OCCO2)c1ccc(Br)c(O)c1. The first-order valence-corrected chi connectivity index (χ1v) is 7.95. The number of nitrogens with one attached hydrogen (secondary N) is 1. The van der Waals surface area contributed by atoms with E-state index in [0.717, 1.165) is 25.7 Å². The van der Waals surface area contributed by atoms with Crippen LogP contribution in [0.2, 0.25) is 0 Å². The minimum Gasteiger partial charge on any atom is -0.507 e. The first-order chi connectivity index (χ1) is 10.1. The van der Waals surface area contributed by atoms with Crippen molar-refractivity contribution in [2.45, 2.75) is 37.5 Å². The van der Waals surface area contributed by atoms with E-state index in [1.807, 2.05) is 0 Å². The molecule has 1 saturated carbocycles. The molecule has 0 unspecified atom stereocenters.